The Balaban J connectivity index is 1.73. The van der Waals surface area contributed by atoms with Gasteiger partial charge in [-0.25, -0.2) is 4.79 Å². The van der Waals surface area contributed by atoms with E-state index in [4.69, 9.17) is 21.1 Å². The lowest BCUT2D eigenvalue weighted by Gasteiger charge is -2.27. The number of fused-ring (bicyclic) bond motifs is 4. The van der Waals surface area contributed by atoms with Crippen molar-refractivity contribution < 1.29 is 19.1 Å². The molecular formula is C19H16ClO4P. The summed E-state index contributed by atoms with van der Waals surface area (Å²) in [6.45, 7) is 2.17. The molecule has 6 heteroatoms. The Hall–Kier alpha value is -1.90. The van der Waals surface area contributed by atoms with Crippen molar-refractivity contribution in [3.63, 3.8) is 0 Å². The van der Waals surface area contributed by atoms with E-state index in [0.717, 1.165) is 22.3 Å². The third kappa shape index (κ3) is 2.94. The standard InChI is InChI=1S/C19H16ClO4P/c1-25-19(22)24-16-5-2-10-7-15-13-4-3-12(20)6-11(13)9-23-17(15)8-14(10)18(16)21/h3-4,6-8,16,25H,2,5,9H2,1H3. The van der Waals surface area contributed by atoms with Crippen molar-refractivity contribution in [2.75, 3.05) is 6.66 Å². The topological polar surface area (TPSA) is 52.6 Å². The first-order chi connectivity index (χ1) is 12.1. The summed E-state index contributed by atoms with van der Waals surface area (Å²) in [5.41, 5.74) is 4.36. The van der Waals surface area contributed by atoms with E-state index in [1.165, 1.54) is 0 Å². The average Bonchev–Trinajstić information content (AvgIpc) is 2.62. The maximum atomic E-state index is 12.7. The second kappa shape index (κ2) is 6.44. The number of hydrogen-bond donors (Lipinski definition) is 0. The van der Waals surface area contributed by atoms with Crippen LogP contribution in [0.3, 0.4) is 0 Å². The molecule has 2 atom stereocenters. The zero-order valence-corrected chi connectivity index (χ0v) is 15.4. The average molecular weight is 375 g/mol. The monoisotopic (exact) mass is 374 g/mol. The van der Waals surface area contributed by atoms with Crippen LogP contribution in [0.25, 0.3) is 11.1 Å². The molecule has 0 aromatic heterocycles. The lowest BCUT2D eigenvalue weighted by molar-refractivity contribution is 0.0657. The van der Waals surface area contributed by atoms with E-state index in [0.29, 0.717) is 35.8 Å². The molecular weight excluding hydrogens is 359 g/mol. The van der Waals surface area contributed by atoms with Crippen LogP contribution in [0.5, 0.6) is 5.75 Å². The van der Waals surface area contributed by atoms with Gasteiger partial charge in [0.15, 0.2) is 6.10 Å². The fourth-order valence-electron chi connectivity index (χ4n) is 3.38. The smallest absolute Gasteiger partial charge is 0.323 e. The SMILES string of the molecule is CPC(=O)OC1CCc2cc3c(cc2C1=O)OCc1cc(Cl)ccc1-3. The number of halogens is 1. The van der Waals surface area contributed by atoms with Gasteiger partial charge in [0.05, 0.1) is 0 Å². The summed E-state index contributed by atoms with van der Waals surface area (Å²) < 4.78 is 11.1. The van der Waals surface area contributed by atoms with Crippen LogP contribution >= 0.6 is 20.2 Å². The normalized spacial score (nSPS) is 18.3. The minimum Gasteiger partial charge on any atom is -0.488 e. The molecule has 0 saturated heterocycles. The first-order valence-electron chi connectivity index (χ1n) is 8.08. The summed E-state index contributed by atoms with van der Waals surface area (Å²) >= 11 is 6.07. The molecule has 1 heterocycles. The zero-order valence-electron chi connectivity index (χ0n) is 13.6. The van der Waals surface area contributed by atoms with Gasteiger partial charge in [-0.05, 0) is 69.0 Å². The van der Waals surface area contributed by atoms with Crippen LogP contribution in [0.4, 0.5) is 4.79 Å². The number of rotatable bonds is 2. The quantitative estimate of drug-likeness (QED) is 0.706. The molecule has 4 nitrogen and oxygen atoms in total. The van der Waals surface area contributed by atoms with E-state index in [1.807, 2.05) is 24.3 Å². The fraction of sp³-hybridized carbons (Fsp3) is 0.263. The molecule has 0 radical (unpaired) electrons. The number of ketones is 1. The lowest BCUT2D eigenvalue weighted by atomic mass is 9.85. The number of hydrogen-bond acceptors (Lipinski definition) is 4. The molecule has 0 N–H and O–H groups in total. The minimum absolute atomic E-state index is 0.0331. The molecule has 1 aliphatic carbocycles. The molecule has 2 aliphatic rings. The first kappa shape index (κ1) is 16.6. The molecule has 2 aromatic rings. The van der Waals surface area contributed by atoms with E-state index in [9.17, 15) is 9.59 Å². The number of aryl methyl sites for hydroxylation is 1. The van der Waals surface area contributed by atoms with Gasteiger partial charge in [-0.1, -0.05) is 17.7 Å². The Morgan fingerprint density at radius 1 is 1.20 bits per heavy atom. The predicted octanol–water partition coefficient (Wildman–Crippen LogP) is 4.84. The van der Waals surface area contributed by atoms with Crippen LogP contribution in [-0.2, 0) is 17.8 Å². The van der Waals surface area contributed by atoms with Crippen LogP contribution in [0, 0.1) is 0 Å². The minimum atomic E-state index is -0.680. The van der Waals surface area contributed by atoms with E-state index in [1.54, 1.807) is 12.7 Å². The number of Topliss-reactive ketones (excluding diaryl/α,β-unsaturated/α-hetero) is 1. The zero-order chi connectivity index (χ0) is 17.6. The Morgan fingerprint density at radius 3 is 2.84 bits per heavy atom. The van der Waals surface area contributed by atoms with Crippen molar-refractivity contribution in [2.45, 2.75) is 25.6 Å². The Labute approximate surface area is 152 Å². The molecule has 4 rings (SSSR count). The van der Waals surface area contributed by atoms with Crippen LogP contribution in [-0.4, -0.2) is 24.3 Å². The summed E-state index contributed by atoms with van der Waals surface area (Å²) in [6.07, 6.45) is 0.539. The van der Waals surface area contributed by atoms with Crippen molar-refractivity contribution >= 4 is 31.7 Å². The second-order valence-corrected chi connectivity index (χ2v) is 7.49. The third-order valence-corrected chi connectivity index (χ3v) is 5.39. The molecule has 0 spiro atoms. The maximum Gasteiger partial charge on any atom is 0.323 e. The summed E-state index contributed by atoms with van der Waals surface area (Å²) in [6, 6.07) is 9.57. The van der Waals surface area contributed by atoms with Crippen molar-refractivity contribution in [3.05, 3.63) is 52.0 Å². The van der Waals surface area contributed by atoms with Gasteiger partial charge in [0.25, 0.3) is 0 Å². The van der Waals surface area contributed by atoms with Gasteiger partial charge in [0.2, 0.25) is 5.78 Å². The van der Waals surface area contributed by atoms with Gasteiger partial charge >= 0.3 is 5.71 Å². The fourth-order valence-corrected chi connectivity index (χ4v) is 3.84. The van der Waals surface area contributed by atoms with Gasteiger partial charge in [0.1, 0.15) is 12.4 Å². The van der Waals surface area contributed by atoms with E-state index < -0.39 is 6.10 Å². The molecule has 0 fully saturated rings. The molecule has 0 saturated carbocycles. The highest BCUT2D eigenvalue weighted by Gasteiger charge is 2.32. The summed E-state index contributed by atoms with van der Waals surface area (Å²) in [5.74, 6) is 0.549. The number of ether oxygens (including phenoxy) is 2. The van der Waals surface area contributed by atoms with Crippen molar-refractivity contribution in [2.24, 2.45) is 0 Å². The molecule has 1 aliphatic heterocycles. The molecule has 0 amide bonds. The molecule has 128 valence electrons. The second-order valence-electron chi connectivity index (χ2n) is 6.14. The van der Waals surface area contributed by atoms with E-state index >= 15 is 0 Å². The Kier molecular flexibility index (Phi) is 4.26. The van der Waals surface area contributed by atoms with Gasteiger partial charge in [0, 0.05) is 16.1 Å². The van der Waals surface area contributed by atoms with Gasteiger partial charge in [-0.15, -0.1) is 0 Å². The predicted molar refractivity (Wildman–Crippen MR) is 98.4 cm³/mol. The largest absolute Gasteiger partial charge is 0.488 e. The number of carbonyl (C=O) groups is 2. The van der Waals surface area contributed by atoms with Crippen LogP contribution < -0.4 is 4.74 Å². The van der Waals surface area contributed by atoms with Crippen molar-refractivity contribution in [1.29, 1.82) is 0 Å². The molecule has 2 aromatic carbocycles. The van der Waals surface area contributed by atoms with Crippen LogP contribution in [0.1, 0.15) is 27.9 Å². The summed E-state index contributed by atoms with van der Waals surface area (Å²) in [5, 5.41) is 0.681. The maximum absolute atomic E-state index is 12.7. The summed E-state index contributed by atoms with van der Waals surface area (Å²) in [4.78, 5) is 24.2. The Morgan fingerprint density at radius 2 is 2.04 bits per heavy atom. The highest BCUT2D eigenvalue weighted by molar-refractivity contribution is 7.56. The lowest BCUT2D eigenvalue weighted by Crippen LogP contribution is -2.31. The van der Waals surface area contributed by atoms with Crippen molar-refractivity contribution in [1.82, 2.24) is 0 Å². The molecule has 2 unspecified atom stereocenters. The molecule has 0 bridgehead atoms. The summed E-state index contributed by atoms with van der Waals surface area (Å²) in [7, 11) is 0.0331. The van der Waals surface area contributed by atoms with E-state index in [2.05, 4.69) is 0 Å². The number of benzene rings is 2. The highest BCUT2D eigenvalue weighted by atomic mass is 35.5. The van der Waals surface area contributed by atoms with Crippen LogP contribution in [0.15, 0.2) is 30.3 Å². The van der Waals surface area contributed by atoms with Gasteiger partial charge in [-0.3, -0.25) is 4.79 Å². The van der Waals surface area contributed by atoms with E-state index in [-0.39, 0.29) is 20.1 Å². The third-order valence-electron chi connectivity index (χ3n) is 4.63. The van der Waals surface area contributed by atoms with Gasteiger partial charge in [-0.2, -0.15) is 0 Å². The Bertz CT molecular complexity index is 893. The van der Waals surface area contributed by atoms with Gasteiger partial charge < -0.3 is 9.47 Å². The van der Waals surface area contributed by atoms with Crippen LogP contribution in [0.2, 0.25) is 5.02 Å². The number of carbonyl (C=O) groups excluding carboxylic acids is 2. The van der Waals surface area contributed by atoms with Crippen molar-refractivity contribution in [3.8, 4) is 16.9 Å². The highest BCUT2D eigenvalue weighted by Crippen LogP contribution is 2.41. The first-order valence-corrected chi connectivity index (χ1v) is 9.95. The molecule has 25 heavy (non-hydrogen) atoms.